The fraction of sp³-hybridized carbons (Fsp3) is 0. The molecular weight excluding hydrogens is 247 g/mol. The van der Waals surface area contributed by atoms with Crippen molar-refractivity contribution in [2.45, 2.75) is 9.79 Å². The van der Waals surface area contributed by atoms with Crippen LogP contribution in [-0.2, 0) is 0 Å². The molecule has 0 aromatic heterocycles. The van der Waals surface area contributed by atoms with Gasteiger partial charge in [0.15, 0.2) is 11.6 Å². The van der Waals surface area contributed by atoms with Crippen LogP contribution in [0.2, 0.25) is 0 Å². The first-order chi connectivity index (χ1) is 8.08. The second-order valence-corrected chi connectivity index (χ2v) is 4.42. The molecule has 0 aliphatic rings. The van der Waals surface area contributed by atoms with Crippen molar-refractivity contribution in [3.05, 3.63) is 53.8 Å². The lowest BCUT2D eigenvalue weighted by atomic mass is 10.3. The SMILES string of the molecule is Nc1ccc(F)c(F)c1Sc1ccc(F)cc1. The molecule has 2 N–H and O–H groups in total. The third-order valence-electron chi connectivity index (χ3n) is 2.11. The van der Waals surface area contributed by atoms with E-state index in [1.165, 1.54) is 30.3 Å². The number of hydrogen-bond acceptors (Lipinski definition) is 2. The molecule has 0 amide bonds. The van der Waals surface area contributed by atoms with Crippen LogP contribution >= 0.6 is 11.8 Å². The van der Waals surface area contributed by atoms with E-state index in [-0.39, 0.29) is 16.4 Å². The lowest BCUT2D eigenvalue weighted by molar-refractivity contribution is 0.492. The molecule has 0 saturated carbocycles. The minimum atomic E-state index is -0.987. The van der Waals surface area contributed by atoms with E-state index in [2.05, 4.69) is 0 Å². The highest BCUT2D eigenvalue weighted by atomic mass is 32.2. The molecule has 0 aliphatic carbocycles. The quantitative estimate of drug-likeness (QED) is 0.825. The van der Waals surface area contributed by atoms with Gasteiger partial charge in [0.2, 0.25) is 0 Å². The third-order valence-corrected chi connectivity index (χ3v) is 3.24. The second kappa shape index (κ2) is 4.71. The Morgan fingerprint density at radius 2 is 1.53 bits per heavy atom. The molecule has 0 aliphatic heterocycles. The summed E-state index contributed by atoms with van der Waals surface area (Å²) in [7, 11) is 0. The molecule has 2 aromatic carbocycles. The maximum Gasteiger partial charge on any atom is 0.174 e. The van der Waals surface area contributed by atoms with Crippen molar-refractivity contribution < 1.29 is 13.2 Å². The first-order valence-corrected chi connectivity index (χ1v) is 5.56. The molecule has 0 spiro atoms. The monoisotopic (exact) mass is 255 g/mol. The summed E-state index contributed by atoms with van der Waals surface area (Å²) in [6.45, 7) is 0. The van der Waals surface area contributed by atoms with Gasteiger partial charge in [-0.2, -0.15) is 0 Å². The molecular formula is C12H8F3NS. The van der Waals surface area contributed by atoms with Crippen LogP contribution in [0.4, 0.5) is 18.9 Å². The van der Waals surface area contributed by atoms with Crippen molar-refractivity contribution in [3.8, 4) is 0 Å². The minimum Gasteiger partial charge on any atom is -0.398 e. The van der Waals surface area contributed by atoms with Crippen molar-refractivity contribution in [2.24, 2.45) is 0 Å². The van der Waals surface area contributed by atoms with E-state index >= 15 is 0 Å². The molecule has 0 unspecified atom stereocenters. The zero-order valence-corrected chi connectivity index (χ0v) is 9.40. The van der Waals surface area contributed by atoms with Gasteiger partial charge in [0, 0.05) is 10.6 Å². The summed E-state index contributed by atoms with van der Waals surface area (Å²) in [6.07, 6.45) is 0. The van der Waals surface area contributed by atoms with Crippen LogP contribution in [-0.4, -0.2) is 0 Å². The number of hydrogen-bond donors (Lipinski definition) is 1. The van der Waals surface area contributed by atoms with E-state index in [9.17, 15) is 13.2 Å². The molecule has 2 aromatic rings. The molecule has 88 valence electrons. The molecule has 2 rings (SSSR count). The number of rotatable bonds is 2. The van der Waals surface area contributed by atoms with Crippen molar-refractivity contribution in [2.75, 3.05) is 5.73 Å². The van der Waals surface area contributed by atoms with Crippen LogP contribution < -0.4 is 5.73 Å². The van der Waals surface area contributed by atoms with E-state index in [1.54, 1.807) is 0 Å². The van der Waals surface area contributed by atoms with E-state index in [0.29, 0.717) is 4.90 Å². The molecule has 1 nitrogen and oxygen atoms in total. The largest absolute Gasteiger partial charge is 0.398 e. The van der Waals surface area contributed by atoms with Crippen LogP contribution in [0.5, 0.6) is 0 Å². The van der Waals surface area contributed by atoms with Gasteiger partial charge in [-0.15, -0.1) is 0 Å². The summed E-state index contributed by atoms with van der Waals surface area (Å²) < 4.78 is 39.2. The summed E-state index contributed by atoms with van der Waals surface area (Å²) in [6, 6.07) is 7.71. The van der Waals surface area contributed by atoms with Crippen molar-refractivity contribution in [1.82, 2.24) is 0 Å². The maximum atomic E-state index is 13.5. The first kappa shape index (κ1) is 11.9. The number of anilines is 1. The molecule has 5 heteroatoms. The van der Waals surface area contributed by atoms with Gasteiger partial charge in [0.25, 0.3) is 0 Å². The highest BCUT2D eigenvalue weighted by molar-refractivity contribution is 7.99. The van der Waals surface area contributed by atoms with Gasteiger partial charge in [0.05, 0.1) is 4.90 Å². The van der Waals surface area contributed by atoms with Crippen LogP contribution in [0, 0.1) is 17.5 Å². The average Bonchev–Trinajstić information content (AvgIpc) is 2.32. The Bertz CT molecular complexity index is 540. The number of benzene rings is 2. The van der Waals surface area contributed by atoms with Crippen molar-refractivity contribution in [3.63, 3.8) is 0 Å². The first-order valence-electron chi connectivity index (χ1n) is 4.75. The van der Waals surface area contributed by atoms with Crippen LogP contribution in [0.15, 0.2) is 46.2 Å². The highest BCUT2D eigenvalue weighted by Crippen LogP contribution is 2.35. The van der Waals surface area contributed by atoms with E-state index in [1.807, 2.05) is 0 Å². The number of nitrogens with two attached hydrogens (primary N) is 1. The molecule has 0 fully saturated rings. The molecule has 17 heavy (non-hydrogen) atoms. The van der Waals surface area contributed by atoms with Crippen LogP contribution in [0.25, 0.3) is 0 Å². The smallest absolute Gasteiger partial charge is 0.174 e. The molecule has 0 heterocycles. The van der Waals surface area contributed by atoms with E-state index in [4.69, 9.17) is 5.73 Å². The average molecular weight is 255 g/mol. The Labute approximate surface area is 100 Å². The van der Waals surface area contributed by atoms with Gasteiger partial charge in [0.1, 0.15) is 5.82 Å². The van der Waals surface area contributed by atoms with E-state index < -0.39 is 11.6 Å². The number of nitrogen functional groups attached to an aromatic ring is 1. The summed E-state index contributed by atoms with van der Waals surface area (Å²) >= 11 is 0.957. The minimum absolute atomic E-state index is 0.0107. The molecule has 0 atom stereocenters. The van der Waals surface area contributed by atoms with Crippen molar-refractivity contribution in [1.29, 1.82) is 0 Å². The predicted octanol–water partition coefficient (Wildman–Crippen LogP) is 3.84. The Morgan fingerprint density at radius 3 is 2.18 bits per heavy atom. The lowest BCUT2D eigenvalue weighted by Crippen LogP contribution is -1.95. The molecule has 0 radical (unpaired) electrons. The number of halogens is 3. The highest BCUT2D eigenvalue weighted by Gasteiger charge is 2.13. The lowest BCUT2D eigenvalue weighted by Gasteiger charge is -2.07. The zero-order valence-electron chi connectivity index (χ0n) is 8.58. The maximum absolute atomic E-state index is 13.5. The standard InChI is InChI=1S/C12H8F3NS/c13-7-1-3-8(4-2-7)17-12-10(16)6-5-9(14)11(12)15/h1-6H,16H2. The Balaban J connectivity index is 2.36. The van der Waals surface area contributed by atoms with Gasteiger partial charge in [-0.1, -0.05) is 11.8 Å². The Kier molecular flexibility index (Phi) is 3.28. The van der Waals surface area contributed by atoms with Gasteiger partial charge < -0.3 is 5.73 Å². The normalized spacial score (nSPS) is 10.5. The fourth-order valence-corrected chi connectivity index (χ4v) is 2.15. The zero-order chi connectivity index (χ0) is 12.4. The third kappa shape index (κ3) is 2.55. The van der Waals surface area contributed by atoms with Gasteiger partial charge in [-0.25, -0.2) is 13.2 Å². The van der Waals surface area contributed by atoms with Crippen LogP contribution in [0.3, 0.4) is 0 Å². The topological polar surface area (TPSA) is 26.0 Å². The van der Waals surface area contributed by atoms with Crippen molar-refractivity contribution >= 4 is 17.4 Å². The summed E-state index contributed by atoms with van der Waals surface area (Å²) in [5, 5.41) is 0. The fourth-order valence-electron chi connectivity index (χ4n) is 1.27. The summed E-state index contributed by atoms with van der Waals surface area (Å²) in [4.78, 5) is 0.596. The second-order valence-electron chi connectivity index (χ2n) is 3.34. The Morgan fingerprint density at radius 1 is 0.882 bits per heavy atom. The van der Waals surface area contributed by atoms with Gasteiger partial charge in [-0.3, -0.25) is 0 Å². The molecule has 0 bridgehead atoms. The van der Waals surface area contributed by atoms with Gasteiger partial charge in [-0.05, 0) is 36.4 Å². The summed E-state index contributed by atoms with van der Waals surface area (Å²) in [5.41, 5.74) is 5.72. The molecule has 0 saturated heterocycles. The van der Waals surface area contributed by atoms with Gasteiger partial charge >= 0.3 is 0 Å². The van der Waals surface area contributed by atoms with Crippen LogP contribution in [0.1, 0.15) is 0 Å². The Hall–Kier alpha value is -1.62. The predicted molar refractivity (Wildman–Crippen MR) is 61.3 cm³/mol. The van der Waals surface area contributed by atoms with E-state index in [0.717, 1.165) is 17.8 Å². The summed E-state index contributed by atoms with van der Waals surface area (Å²) in [5.74, 6) is -2.33.